The standard InChI is InChI=1S/C30H49N3O5S/c1-7-8-12-19-33(28(36)24(18-20-39-6)32-29(37)38-30(3,4)5)25(23-17-13-14-21(2)26(23)34)27(35)31-22-15-10-9-11-16-22/h13-14,17,22,24-25,34H,7-12,15-16,18-20H2,1-6H3,(H,31,35)(H,32,37). The molecule has 1 aromatic rings. The molecule has 3 N–H and O–H groups in total. The number of aryl methyl sites for hydroxylation is 1. The van der Waals surface area contributed by atoms with E-state index in [9.17, 15) is 19.5 Å². The van der Waals surface area contributed by atoms with Crippen LogP contribution in [-0.2, 0) is 14.3 Å². The van der Waals surface area contributed by atoms with Gasteiger partial charge in [0.25, 0.3) is 0 Å². The van der Waals surface area contributed by atoms with Gasteiger partial charge in [0.2, 0.25) is 11.8 Å². The third-order valence-electron chi connectivity index (χ3n) is 6.96. The second kappa shape index (κ2) is 16.0. The molecule has 220 valence electrons. The predicted molar refractivity (Wildman–Crippen MR) is 158 cm³/mol. The van der Waals surface area contributed by atoms with E-state index in [1.54, 1.807) is 62.6 Å². The summed E-state index contributed by atoms with van der Waals surface area (Å²) < 4.78 is 5.46. The van der Waals surface area contributed by atoms with Crippen molar-refractivity contribution in [3.8, 4) is 5.75 Å². The van der Waals surface area contributed by atoms with Crippen LogP contribution < -0.4 is 10.6 Å². The summed E-state index contributed by atoms with van der Waals surface area (Å²) in [5, 5.41) is 17.0. The highest BCUT2D eigenvalue weighted by Gasteiger charge is 2.38. The van der Waals surface area contributed by atoms with Crippen LogP contribution in [0.25, 0.3) is 0 Å². The lowest BCUT2D eigenvalue weighted by atomic mass is 9.94. The molecular weight excluding hydrogens is 514 g/mol. The Kier molecular flexibility index (Phi) is 13.4. The first-order valence-electron chi connectivity index (χ1n) is 14.4. The molecule has 0 aromatic heterocycles. The molecule has 39 heavy (non-hydrogen) atoms. The Bertz CT molecular complexity index is 943. The van der Waals surface area contributed by atoms with E-state index in [-0.39, 0.29) is 23.6 Å². The second-order valence-corrected chi connectivity index (χ2v) is 12.5. The Morgan fingerprint density at radius 3 is 2.46 bits per heavy atom. The van der Waals surface area contributed by atoms with Gasteiger partial charge < -0.3 is 25.4 Å². The lowest BCUT2D eigenvalue weighted by Crippen LogP contribution is -2.54. The third kappa shape index (κ3) is 10.6. The molecule has 1 aliphatic rings. The van der Waals surface area contributed by atoms with Gasteiger partial charge in [0.05, 0.1) is 0 Å². The van der Waals surface area contributed by atoms with Crippen molar-refractivity contribution in [3.63, 3.8) is 0 Å². The Labute approximate surface area is 239 Å². The number of hydrogen-bond acceptors (Lipinski definition) is 6. The van der Waals surface area contributed by atoms with Gasteiger partial charge in [-0.2, -0.15) is 11.8 Å². The number of phenolic OH excluding ortho intramolecular Hbond substituents is 1. The highest BCUT2D eigenvalue weighted by atomic mass is 32.2. The van der Waals surface area contributed by atoms with E-state index in [1.807, 2.05) is 6.26 Å². The topological polar surface area (TPSA) is 108 Å². The van der Waals surface area contributed by atoms with Crippen molar-refractivity contribution in [1.82, 2.24) is 15.5 Å². The van der Waals surface area contributed by atoms with E-state index >= 15 is 0 Å². The van der Waals surface area contributed by atoms with Crippen LogP contribution in [0.4, 0.5) is 4.79 Å². The molecule has 2 unspecified atom stereocenters. The van der Waals surface area contributed by atoms with Crippen molar-refractivity contribution < 1.29 is 24.2 Å². The SMILES string of the molecule is CCCCCN(C(=O)C(CCSC)NC(=O)OC(C)(C)C)C(C(=O)NC1CCCCC1)c1cccc(C)c1O. The molecule has 9 heteroatoms. The number of thioether (sulfide) groups is 1. The predicted octanol–water partition coefficient (Wildman–Crippen LogP) is 5.86. The lowest BCUT2D eigenvalue weighted by molar-refractivity contribution is -0.143. The van der Waals surface area contributed by atoms with Crippen molar-refractivity contribution in [2.75, 3.05) is 18.6 Å². The number of carbonyl (C=O) groups excluding carboxylic acids is 3. The van der Waals surface area contributed by atoms with Crippen molar-refractivity contribution in [1.29, 1.82) is 0 Å². The van der Waals surface area contributed by atoms with E-state index in [0.29, 0.717) is 36.3 Å². The van der Waals surface area contributed by atoms with Gasteiger partial charge >= 0.3 is 6.09 Å². The van der Waals surface area contributed by atoms with Crippen LogP contribution in [0.3, 0.4) is 0 Å². The van der Waals surface area contributed by atoms with Crippen molar-refractivity contribution in [2.45, 2.75) is 116 Å². The maximum absolute atomic E-state index is 14.2. The Morgan fingerprint density at radius 1 is 1.15 bits per heavy atom. The zero-order chi connectivity index (χ0) is 29.0. The number of unbranched alkanes of at least 4 members (excludes halogenated alkanes) is 2. The molecule has 1 aliphatic carbocycles. The molecule has 0 radical (unpaired) electrons. The molecule has 0 spiro atoms. The zero-order valence-corrected chi connectivity index (χ0v) is 25.5. The number of carbonyl (C=O) groups is 3. The quantitative estimate of drug-likeness (QED) is 0.260. The van der Waals surface area contributed by atoms with Gasteiger partial charge in [0.15, 0.2) is 0 Å². The smallest absolute Gasteiger partial charge is 0.408 e. The number of nitrogens with zero attached hydrogens (tertiary/aromatic N) is 1. The van der Waals surface area contributed by atoms with Gasteiger partial charge in [-0.25, -0.2) is 4.79 Å². The van der Waals surface area contributed by atoms with E-state index in [1.165, 1.54) is 0 Å². The largest absolute Gasteiger partial charge is 0.507 e. The minimum Gasteiger partial charge on any atom is -0.507 e. The molecule has 2 rings (SSSR count). The van der Waals surface area contributed by atoms with Crippen LogP contribution >= 0.6 is 11.8 Å². The normalized spacial score (nSPS) is 15.7. The van der Waals surface area contributed by atoms with Crippen molar-refractivity contribution in [2.24, 2.45) is 0 Å². The number of nitrogens with one attached hydrogen (secondary N) is 2. The van der Waals surface area contributed by atoms with Gasteiger partial charge in [0.1, 0.15) is 23.4 Å². The van der Waals surface area contributed by atoms with Crippen LogP contribution in [0, 0.1) is 6.92 Å². The Balaban J connectivity index is 2.50. The van der Waals surface area contributed by atoms with Crippen LogP contribution in [0.2, 0.25) is 0 Å². The molecule has 1 saturated carbocycles. The van der Waals surface area contributed by atoms with Crippen LogP contribution in [0.5, 0.6) is 5.75 Å². The summed E-state index contributed by atoms with van der Waals surface area (Å²) >= 11 is 1.58. The summed E-state index contributed by atoms with van der Waals surface area (Å²) in [4.78, 5) is 42.5. The monoisotopic (exact) mass is 563 g/mol. The molecule has 8 nitrogen and oxygen atoms in total. The fourth-order valence-electron chi connectivity index (χ4n) is 4.92. The fourth-order valence-corrected chi connectivity index (χ4v) is 5.39. The minimum atomic E-state index is -1.02. The summed E-state index contributed by atoms with van der Waals surface area (Å²) in [6.07, 6.45) is 9.27. The van der Waals surface area contributed by atoms with Crippen LogP contribution in [0.15, 0.2) is 18.2 Å². The van der Waals surface area contributed by atoms with Gasteiger partial charge in [-0.05, 0) is 71.0 Å². The van der Waals surface area contributed by atoms with Gasteiger partial charge in [-0.1, -0.05) is 57.2 Å². The molecule has 3 amide bonds. The van der Waals surface area contributed by atoms with E-state index < -0.39 is 23.8 Å². The van der Waals surface area contributed by atoms with Crippen LogP contribution in [0.1, 0.15) is 103 Å². The summed E-state index contributed by atoms with van der Waals surface area (Å²) in [5.41, 5.74) is 0.317. The summed E-state index contributed by atoms with van der Waals surface area (Å²) in [7, 11) is 0. The molecule has 0 heterocycles. The summed E-state index contributed by atoms with van der Waals surface area (Å²) in [6, 6.07) is 3.44. The number of rotatable bonds is 13. The van der Waals surface area contributed by atoms with E-state index in [2.05, 4.69) is 17.6 Å². The average molecular weight is 564 g/mol. The summed E-state index contributed by atoms with van der Waals surface area (Å²) in [6.45, 7) is 9.51. The first-order valence-corrected chi connectivity index (χ1v) is 15.8. The lowest BCUT2D eigenvalue weighted by Gasteiger charge is -2.36. The van der Waals surface area contributed by atoms with E-state index in [4.69, 9.17) is 4.74 Å². The maximum Gasteiger partial charge on any atom is 0.408 e. The van der Waals surface area contributed by atoms with Crippen molar-refractivity contribution >= 4 is 29.7 Å². The molecule has 2 atom stereocenters. The van der Waals surface area contributed by atoms with Gasteiger partial charge in [-0.15, -0.1) is 0 Å². The first-order chi connectivity index (χ1) is 18.5. The Hall–Kier alpha value is -2.42. The highest BCUT2D eigenvalue weighted by molar-refractivity contribution is 7.98. The molecule has 1 aromatic carbocycles. The zero-order valence-electron chi connectivity index (χ0n) is 24.7. The molecule has 1 fully saturated rings. The number of hydrogen-bond donors (Lipinski definition) is 3. The Morgan fingerprint density at radius 2 is 1.85 bits per heavy atom. The number of aromatic hydroxyl groups is 1. The average Bonchev–Trinajstić information content (AvgIpc) is 2.87. The highest BCUT2D eigenvalue weighted by Crippen LogP contribution is 2.33. The second-order valence-electron chi connectivity index (χ2n) is 11.5. The van der Waals surface area contributed by atoms with Gasteiger partial charge in [0, 0.05) is 18.2 Å². The number of amides is 3. The molecule has 0 saturated heterocycles. The molecule has 0 aliphatic heterocycles. The first kappa shape index (κ1) is 32.8. The van der Waals surface area contributed by atoms with Crippen LogP contribution in [-0.4, -0.2) is 64.2 Å². The molecule has 0 bridgehead atoms. The fraction of sp³-hybridized carbons (Fsp3) is 0.700. The number of ether oxygens (including phenoxy) is 1. The maximum atomic E-state index is 14.2. The number of alkyl carbamates (subject to hydrolysis) is 1. The number of phenols is 1. The van der Waals surface area contributed by atoms with E-state index in [0.717, 1.165) is 44.9 Å². The molecular formula is C30H49N3O5S. The minimum absolute atomic E-state index is 0.00958. The summed E-state index contributed by atoms with van der Waals surface area (Å²) in [5.74, 6) is 0.00323. The number of para-hydroxylation sites is 1. The number of benzene rings is 1. The third-order valence-corrected chi connectivity index (χ3v) is 7.60. The van der Waals surface area contributed by atoms with Gasteiger partial charge in [-0.3, -0.25) is 9.59 Å². The van der Waals surface area contributed by atoms with Crippen molar-refractivity contribution in [3.05, 3.63) is 29.3 Å².